The first-order chi connectivity index (χ1) is 10.2. The summed E-state index contributed by atoms with van der Waals surface area (Å²) in [4.78, 5) is 0. The molecular formula is C17H36O3S. The van der Waals surface area contributed by atoms with Gasteiger partial charge >= 0.3 is 0 Å². The Bertz CT molecular complexity index is 207. The van der Waals surface area contributed by atoms with Crippen molar-refractivity contribution in [1.29, 1.82) is 0 Å². The summed E-state index contributed by atoms with van der Waals surface area (Å²) in [5.74, 6) is -0.0230. The molecule has 0 aliphatic carbocycles. The molecule has 0 bridgehead atoms. The maximum atomic E-state index is 5.87. The van der Waals surface area contributed by atoms with Gasteiger partial charge in [0.25, 0.3) is 5.97 Å². The predicted octanol–water partition coefficient (Wildman–Crippen LogP) is 5.05. The van der Waals surface area contributed by atoms with E-state index in [1.54, 1.807) is 0 Å². The number of thiol groups is 1. The van der Waals surface area contributed by atoms with Gasteiger partial charge in [-0.15, -0.1) is 0 Å². The molecule has 0 saturated carbocycles. The molecule has 0 aliphatic rings. The third kappa shape index (κ3) is 8.44. The summed E-state index contributed by atoms with van der Waals surface area (Å²) in [5, 5.41) is 0. The number of hydrogen-bond acceptors (Lipinski definition) is 4. The predicted molar refractivity (Wildman–Crippen MR) is 92.9 cm³/mol. The maximum Gasteiger partial charge on any atom is 0.286 e. The molecular weight excluding hydrogens is 284 g/mol. The van der Waals surface area contributed by atoms with Crippen LogP contribution >= 0.6 is 12.6 Å². The Balaban J connectivity index is 4.43. The number of unbranched alkanes of at least 4 members (excludes halogenated alkanes) is 5. The molecule has 21 heavy (non-hydrogen) atoms. The average molecular weight is 321 g/mol. The van der Waals surface area contributed by atoms with Gasteiger partial charge in [0.15, 0.2) is 0 Å². The molecule has 128 valence electrons. The summed E-state index contributed by atoms with van der Waals surface area (Å²) in [6.45, 7) is 9.94. The van der Waals surface area contributed by atoms with Crippen LogP contribution in [0, 0.1) is 5.92 Å². The van der Waals surface area contributed by atoms with E-state index in [9.17, 15) is 0 Å². The van der Waals surface area contributed by atoms with E-state index in [1.165, 1.54) is 38.5 Å². The topological polar surface area (TPSA) is 27.7 Å². The van der Waals surface area contributed by atoms with E-state index >= 15 is 0 Å². The van der Waals surface area contributed by atoms with Gasteiger partial charge in [0, 0.05) is 31.5 Å². The summed E-state index contributed by atoms with van der Waals surface area (Å²) in [6.07, 6.45) is 8.79. The number of ether oxygens (including phenoxy) is 3. The van der Waals surface area contributed by atoms with Crippen LogP contribution in [0.3, 0.4) is 0 Å². The SMILES string of the molecule is CCCCCCCCC(CS)C(OCC)(OCC)OCC. The Hall–Kier alpha value is 0.230. The molecule has 0 saturated heterocycles. The van der Waals surface area contributed by atoms with E-state index in [2.05, 4.69) is 19.6 Å². The van der Waals surface area contributed by atoms with Crippen LogP contribution < -0.4 is 0 Å². The lowest BCUT2D eigenvalue weighted by Gasteiger charge is -2.38. The highest BCUT2D eigenvalue weighted by molar-refractivity contribution is 7.80. The standard InChI is InChI=1S/C17H36O3S/c1-5-9-10-11-12-13-14-16(15-21)17(18-6-2,19-7-3)20-8-4/h16,21H,5-15H2,1-4H3. The summed E-state index contributed by atoms with van der Waals surface area (Å²) < 4.78 is 17.6. The fourth-order valence-electron chi connectivity index (χ4n) is 2.63. The van der Waals surface area contributed by atoms with Crippen LogP contribution in [-0.4, -0.2) is 31.5 Å². The van der Waals surface area contributed by atoms with Crippen LogP contribution in [0.2, 0.25) is 0 Å². The van der Waals surface area contributed by atoms with Crippen LogP contribution in [-0.2, 0) is 14.2 Å². The van der Waals surface area contributed by atoms with Gasteiger partial charge in [0.2, 0.25) is 0 Å². The quantitative estimate of drug-likeness (QED) is 0.260. The Morgan fingerprint density at radius 1 is 0.762 bits per heavy atom. The lowest BCUT2D eigenvalue weighted by Crippen LogP contribution is -2.47. The molecule has 0 rings (SSSR count). The first-order valence-corrected chi connectivity index (χ1v) is 9.36. The molecule has 1 unspecified atom stereocenters. The van der Waals surface area contributed by atoms with Crippen molar-refractivity contribution in [2.45, 2.75) is 78.6 Å². The fraction of sp³-hybridized carbons (Fsp3) is 1.00. The largest absolute Gasteiger partial charge is 0.328 e. The minimum absolute atomic E-state index is 0.173. The van der Waals surface area contributed by atoms with E-state index < -0.39 is 5.97 Å². The number of hydrogen-bond donors (Lipinski definition) is 1. The lowest BCUT2D eigenvalue weighted by molar-refractivity contribution is -0.399. The highest BCUT2D eigenvalue weighted by atomic mass is 32.1. The zero-order valence-corrected chi connectivity index (χ0v) is 15.4. The summed E-state index contributed by atoms with van der Waals surface area (Å²) in [6, 6.07) is 0. The minimum atomic E-state index is -0.913. The molecule has 3 nitrogen and oxygen atoms in total. The van der Waals surface area contributed by atoms with Gasteiger partial charge in [0.1, 0.15) is 0 Å². The molecule has 0 N–H and O–H groups in total. The zero-order chi connectivity index (χ0) is 16.0. The molecule has 0 aliphatic heterocycles. The van der Waals surface area contributed by atoms with Crippen LogP contribution in [0.5, 0.6) is 0 Å². The van der Waals surface area contributed by atoms with Crippen molar-refractivity contribution in [1.82, 2.24) is 0 Å². The van der Waals surface area contributed by atoms with Crippen LogP contribution in [0.25, 0.3) is 0 Å². The van der Waals surface area contributed by atoms with Crippen LogP contribution in [0.1, 0.15) is 72.6 Å². The van der Waals surface area contributed by atoms with E-state index in [-0.39, 0.29) is 5.92 Å². The van der Waals surface area contributed by atoms with Gasteiger partial charge < -0.3 is 14.2 Å². The monoisotopic (exact) mass is 320 g/mol. The Morgan fingerprint density at radius 3 is 1.67 bits per heavy atom. The molecule has 0 aromatic heterocycles. The molecule has 0 heterocycles. The summed E-state index contributed by atoms with van der Waals surface area (Å²) in [5.41, 5.74) is 0. The third-order valence-electron chi connectivity index (χ3n) is 3.66. The van der Waals surface area contributed by atoms with Crippen molar-refractivity contribution in [3.63, 3.8) is 0 Å². The van der Waals surface area contributed by atoms with E-state index in [4.69, 9.17) is 14.2 Å². The highest BCUT2D eigenvalue weighted by Crippen LogP contribution is 2.31. The highest BCUT2D eigenvalue weighted by Gasteiger charge is 2.40. The van der Waals surface area contributed by atoms with Crippen molar-refractivity contribution in [2.75, 3.05) is 25.6 Å². The second-order valence-electron chi connectivity index (χ2n) is 5.34. The molecule has 0 amide bonds. The smallest absolute Gasteiger partial charge is 0.286 e. The first kappa shape index (κ1) is 21.2. The van der Waals surface area contributed by atoms with Gasteiger partial charge in [-0.3, -0.25) is 0 Å². The van der Waals surface area contributed by atoms with Gasteiger partial charge in [-0.05, 0) is 27.2 Å². The Kier molecular flexibility index (Phi) is 14.0. The second kappa shape index (κ2) is 13.9. The van der Waals surface area contributed by atoms with E-state index in [0.29, 0.717) is 19.8 Å². The Labute approximate surface area is 137 Å². The maximum absolute atomic E-state index is 5.87. The molecule has 0 aromatic carbocycles. The molecule has 4 heteroatoms. The third-order valence-corrected chi connectivity index (χ3v) is 4.10. The molecule has 0 aromatic rings. The number of rotatable bonds is 15. The van der Waals surface area contributed by atoms with Crippen molar-refractivity contribution in [3.8, 4) is 0 Å². The molecule has 0 radical (unpaired) electrons. The normalized spacial score (nSPS) is 13.6. The van der Waals surface area contributed by atoms with Crippen molar-refractivity contribution >= 4 is 12.6 Å². The van der Waals surface area contributed by atoms with Gasteiger partial charge in [0.05, 0.1) is 0 Å². The zero-order valence-electron chi connectivity index (χ0n) is 14.5. The second-order valence-corrected chi connectivity index (χ2v) is 5.70. The Morgan fingerprint density at radius 2 is 1.24 bits per heavy atom. The summed E-state index contributed by atoms with van der Waals surface area (Å²) >= 11 is 4.51. The van der Waals surface area contributed by atoms with Crippen molar-refractivity contribution < 1.29 is 14.2 Å². The van der Waals surface area contributed by atoms with Gasteiger partial charge in [-0.1, -0.05) is 45.4 Å². The minimum Gasteiger partial charge on any atom is -0.328 e. The fourth-order valence-corrected chi connectivity index (χ4v) is 3.04. The van der Waals surface area contributed by atoms with E-state index in [0.717, 1.165) is 12.2 Å². The molecule has 0 spiro atoms. The molecule has 0 fully saturated rings. The van der Waals surface area contributed by atoms with Crippen molar-refractivity contribution in [2.24, 2.45) is 5.92 Å². The van der Waals surface area contributed by atoms with Gasteiger partial charge in [-0.25, -0.2) is 0 Å². The van der Waals surface area contributed by atoms with Crippen LogP contribution in [0.15, 0.2) is 0 Å². The molecule has 1 atom stereocenters. The summed E-state index contributed by atoms with van der Waals surface area (Å²) in [7, 11) is 0. The first-order valence-electron chi connectivity index (χ1n) is 8.73. The van der Waals surface area contributed by atoms with E-state index in [1.807, 2.05) is 20.8 Å². The lowest BCUT2D eigenvalue weighted by atomic mass is 9.99. The average Bonchev–Trinajstić information content (AvgIpc) is 2.47. The van der Waals surface area contributed by atoms with Crippen LogP contribution in [0.4, 0.5) is 0 Å². The van der Waals surface area contributed by atoms with Gasteiger partial charge in [-0.2, -0.15) is 12.6 Å². The van der Waals surface area contributed by atoms with Crippen molar-refractivity contribution in [3.05, 3.63) is 0 Å².